The van der Waals surface area contributed by atoms with Gasteiger partial charge in [0.1, 0.15) is 5.75 Å². The minimum atomic E-state index is 0.446. The lowest BCUT2D eigenvalue weighted by Gasteiger charge is -2.07. The maximum Gasteiger partial charge on any atom is 0.289 e. The molecule has 2 rings (SSSR count). The quantitative estimate of drug-likeness (QED) is 0.541. The topological polar surface area (TPSA) is 9.23 Å². The van der Waals surface area contributed by atoms with Gasteiger partial charge in [-0.05, 0) is 23.7 Å². The van der Waals surface area contributed by atoms with Gasteiger partial charge in [0.25, 0.3) is 9.38 Å². The van der Waals surface area contributed by atoms with E-state index in [0.717, 1.165) is 12.2 Å². The fraction of sp³-hybridized carbons (Fsp3) is 0.100. The van der Waals surface area contributed by atoms with Gasteiger partial charge in [0.15, 0.2) is 0 Å². The second-order valence-electron chi connectivity index (χ2n) is 2.63. The van der Waals surface area contributed by atoms with Gasteiger partial charge in [-0.3, -0.25) is 0 Å². The van der Waals surface area contributed by atoms with E-state index in [1.807, 2.05) is 18.2 Å². The smallest absolute Gasteiger partial charge is 0.289 e. The Kier molecular flexibility index (Phi) is 2.18. The molecule has 0 atom stereocenters. The predicted octanol–water partition coefficient (Wildman–Crippen LogP) is 1.60. The molecule has 12 heavy (non-hydrogen) atoms. The summed E-state index contributed by atoms with van der Waals surface area (Å²) in [5.74, 6) is 1.02. The molecule has 1 aliphatic heterocycles. The first-order valence-corrected chi connectivity index (χ1v) is 4.94. The summed E-state index contributed by atoms with van der Waals surface area (Å²) in [4.78, 5) is 0. The van der Waals surface area contributed by atoms with Crippen LogP contribution in [0.1, 0.15) is 5.56 Å². The van der Waals surface area contributed by atoms with E-state index in [0.29, 0.717) is 9.38 Å². The standard InChI is InChI=1S/C10H9OSi/c1-2-7-10-9(5-1)6-3-4-8-12-11-10/h1-5,7-8H,6H2. The summed E-state index contributed by atoms with van der Waals surface area (Å²) in [5, 5.41) is 0. The number of hydrogen-bond acceptors (Lipinski definition) is 1. The highest BCUT2D eigenvalue weighted by Crippen LogP contribution is 2.18. The van der Waals surface area contributed by atoms with Crippen molar-refractivity contribution in [2.75, 3.05) is 0 Å². The number of benzene rings is 1. The molecule has 59 valence electrons. The van der Waals surface area contributed by atoms with Gasteiger partial charge in [-0.2, -0.15) is 0 Å². The van der Waals surface area contributed by atoms with Crippen LogP contribution in [0.25, 0.3) is 0 Å². The summed E-state index contributed by atoms with van der Waals surface area (Å²) in [7, 11) is 0.446. The summed E-state index contributed by atoms with van der Waals surface area (Å²) < 4.78 is 5.55. The third-order valence-corrected chi connectivity index (χ3v) is 2.45. The average Bonchev–Trinajstić information content (AvgIpc) is 2.06. The zero-order chi connectivity index (χ0) is 8.23. The summed E-state index contributed by atoms with van der Waals surface area (Å²) in [6.45, 7) is 0. The van der Waals surface area contributed by atoms with Gasteiger partial charge in [0.05, 0.1) is 0 Å². The Balaban J connectivity index is 2.40. The van der Waals surface area contributed by atoms with Crippen LogP contribution < -0.4 is 4.43 Å². The molecule has 1 aromatic rings. The number of para-hydroxylation sites is 1. The summed E-state index contributed by atoms with van der Waals surface area (Å²) in [6, 6.07) is 8.18. The molecule has 1 aliphatic rings. The first-order valence-electron chi connectivity index (χ1n) is 3.95. The molecule has 0 fully saturated rings. The lowest BCUT2D eigenvalue weighted by molar-refractivity contribution is 0.604. The molecule has 0 saturated heterocycles. The average molecular weight is 173 g/mol. The molecule has 1 radical (unpaired) electrons. The van der Waals surface area contributed by atoms with Crippen molar-refractivity contribution in [1.82, 2.24) is 0 Å². The van der Waals surface area contributed by atoms with Crippen LogP contribution in [-0.4, -0.2) is 15.0 Å². The van der Waals surface area contributed by atoms with Crippen molar-refractivity contribution in [2.24, 2.45) is 0 Å². The van der Waals surface area contributed by atoms with Gasteiger partial charge in [0, 0.05) is 0 Å². The molecule has 1 aromatic carbocycles. The van der Waals surface area contributed by atoms with Crippen molar-refractivity contribution >= 4 is 15.0 Å². The van der Waals surface area contributed by atoms with Crippen molar-refractivity contribution in [3.8, 4) is 5.75 Å². The number of allylic oxidation sites excluding steroid dienone is 2. The second-order valence-corrected chi connectivity index (χ2v) is 3.40. The lowest BCUT2D eigenvalue weighted by atomic mass is 10.1. The van der Waals surface area contributed by atoms with Crippen LogP contribution >= 0.6 is 0 Å². The van der Waals surface area contributed by atoms with Crippen LogP contribution in [-0.2, 0) is 6.42 Å². The van der Waals surface area contributed by atoms with E-state index in [1.54, 1.807) is 0 Å². The minimum Gasteiger partial charge on any atom is -0.513 e. The van der Waals surface area contributed by atoms with Crippen LogP contribution in [0.15, 0.2) is 36.4 Å². The first-order chi connectivity index (χ1) is 5.97. The third kappa shape index (κ3) is 1.53. The highest BCUT2D eigenvalue weighted by molar-refractivity contribution is 6.44. The zero-order valence-corrected chi connectivity index (χ0v) is 7.66. The van der Waals surface area contributed by atoms with E-state index in [2.05, 4.69) is 23.9 Å². The fourth-order valence-electron chi connectivity index (χ4n) is 1.17. The third-order valence-electron chi connectivity index (χ3n) is 1.78. The van der Waals surface area contributed by atoms with Gasteiger partial charge in [-0.15, -0.1) is 0 Å². The van der Waals surface area contributed by atoms with Crippen LogP contribution in [0, 0.1) is 0 Å². The van der Waals surface area contributed by atoms with Crippen LogP contribution in [0.2, 0.25) is 0 Å². The van der Waals surface area contributed by atoms with E-state index in [-0.39, 0.29) is 0 Å². The predicted molar refractivity (Wildman–Crippen MR) is 51.7 cm³/mol. The molecular weight excluding hydrogens is 164 g/mol. The molecule has 0 saturated carbocycles. The van der Waals surface area contributed by atoms with E-state index in [4.69, 9.17) is 4.43 Å². The monoisotopic (exact) mass is 173 g/mol. The van der Waals surface area contributed by atoms with Crippen LogP contribution in [0.5, 0.6) is 5.75 Å². The van der Waals surface area contributed by atoms with Crippen molar-refractivity contribution in [3.63, 3.8) is 0 Å². The maximum absolute atomic E-state index is 5.55. The zero-order valence-electron chi connectivity index (χ0n) is 6.66. The largest absolute Gasteiger partial charge is 0.513 e. The Morgan fingerprint density at radius 1 is 1.25 bits per heavy atom. The first kappa shape index (κ1) is 7.49. The summed E-state index contributed by atoms with van der Waals surface area (Å²) in [5.41, 5.74) is 3.32. The van der Waals surface area contributed by atoms with Gasteiger partial charge >= 0.3 is 0 Å². The van der Waals surface area contributed by atoms with Crippen molar-refractivity contribution in [1.29, 1.82) is 0 Å². The molecule has 0 bridgehead atoms. The van der Waals surface area contributed by atoms with Gasteiger partial charge < -0.3 is 4.43 Å². The van der Waals surface area contributed by atoms with Gasteiger partial charge in [-0.25, -0.2) is 0 Å². The Bertz CT molecular complexity index is 295. The van der Waals surface area contributed by atoms with Crippen LogP contribution in [0.3, 0.4) is 0 Å². The van der Waals surface area contributed by atoms with E-state index >= 15 is 0 Å². The molecule has 1 nitrogen and oxygen atoms in total. The number of hydrogen-bond donors (Lipinski definition) is 0. The van der Waals surface area contributed by atoms with Gasteiger partial charge in [0.2, 0.25) is 0 Å². The van der Waals surface area contributed by atoms with Crippen LogP contribution in [0.4, 0.5) is 0 Å². The molecule has 0 aliphatic carbocycles. The summed E-state index contributed by atoms with van der Waals surface area (Å²) >= 11 is 0. The Labute approximate surface area is 74.2 Å². The Hall–Kier alpha value is -1.15. The molecule has 0 amide bonds. The molecule has 0 aromatic heterocycles. The van der Waals surface area contributed by atoms with Crippen molar-refractivity contribution in [2.45, 2.75) is 6.42 Å². The molecule has 0 N–H and O–H groups in total. The number of fused-ring (bicyclic) bond motifs is 1. The highest BCUT2D eigenvalue weighted by Gasteiger charge is 1.99. The molecule has 0 spiro atoms. The van der Waals surface area contributed by atoms with E-state index in [9.17, 15) is 0 Å². The second kappa shape index (κ2) is 3.50. The Morgan fingerprint density at radius 3 is 3.17 bits per heavy atom. The molecule has 0 unspecified atom stereocenters. The molecule has 1 heterocycles. The minimum absolute atomic E-state index is 0.446. The fourth-order valence-corrected chi connectivity index (χ4v) is 1.78. The Morgan fingerprint density at radius 2 is 2.17 bits per heavy atom. The lowest BCUT2D eigenvalue weighted by Crippen LogP contribution is -2.00. The summed E-state index contributed by atoms with van der Waals surface area (Å²) in [6.07, 6.45) is 5.19. The van der Waals surface area contributed by atoms with Crippen molar-refractivity contribution < 1.29 is 4.43 Å². The van der Waals surface area contributed by atoms with Gasteiger partial charge in [-0.1, -0.05) is 30.4 Å². The normalized spacial score (nSPS) is 14.3. The molecule has 2 heteroatoms. The highest BCUT2D eigenvalue weighted by atomic mass is 28.2. The van der Waals surface area contributed by atoms with E-state index in [1.165, 1.54) is 5.56 Å². The van der Waals surface area contributed by atoms with E-state index < -0.39 is 0 Å². The maximum atomic E-state index is 5.55. The van der Waals surface area contributed by atoms with Crippen molar-refractivity contribution in [3.05, 3.63) is 42.0 Å². The SMILES string of the molecule is C1=CCc2ccccc2O[Si]=C1. The number of rotatable bonds is 0. The molecular formula is C10H9OSi.